The maximum Gasteiger partial charge on any atom is 0.422 e. The van der Waals surface area contributed by atoms with Gasteiger partial charge in [0.15, 0.2) is 12.3 Å². The van der Waals surface area contributed by atoms with Crippen LogP contribution in [0.3, 0.4) is 0 Å². The van der Waals surface area contributed by atoms with Crippen LogP contribution in [0.25, 0.3) is 11.2 Å². The van der Waals surface area contributed by atoms with Gasteiger partial charge >= 0.3 is 12.4 Å². The SMILES string of the molecule is O=C(N[C@H]1CC[C@H](C(F)(F)F)CC1)c1cc2nc(Nc3c(Cl)cncc3Cl)[nH]c2nc1OCC(F)(F)F. The van der Waals surface area contributed by atoms with E-state index in [4.69, 9.17) is 27.9 Å². The highest BCUT2D eigenvalue weighted by Crippen LogP contribution is 2.38. The largest absolute Gasteiger partial charge is 0.467 e. The molecule has 16 heteroatoms. The average Bonchev–Trinajstić information content (AvgIpc) is 3.20. The number of H-pyrrole nitrogens is 1. The van der Waals surface area contributed by atoms with Crippen LogP contribution in [0.2, 0.25) is 10.0 Å². The molecule has 200 valence electrons. The van der Waals surface area contributed by atoms with E-state index in [1.807, 2.05) is 0 Å². The highest BCUT2D eigenvalue weighted by molar-refractivity contribution is 6.39. The topological polar surface area (TPSA) is 105 Å². The summed E-state index contributed by atoms with van der Waals surface area (Å²) in [5.41, 5.74) is -0.0246. The number of hydrogen-bond acceptors (Lipinski definition) is 6. The van der Waals surface area contributed by atoms with Crippen LogP contribution in [-0.2, 0) is 0 Å². The Hall–Kier alpha value is -3.00. The van der Waals surface area contributed by atoms with Crippen LogP contribution >= 0.6 is 23.2 Å². The van der Waals surface area contributed by atoms with Gasteiger partial charge in [0.2, 0.25) is 11.8 Å². The van der Waals surface area contributed by atoms with E-state index < -0.39 is 42.7 Å². The number of halogens is 8. The predicted molar refractivity (Wildman–Crippen MR) is 122 cm³/mol. The molecule has 0 aliphatic heterocycles. The van der Waals surface area contributed by atoms with Gasteiger partial charge in [0, 0.05) is 18.4 Å². The van der Waals surface area contributed by atoms with Gasteiger partial charge in [0.05, 0.1) is 21.7 Å². The maximum atomic E-state index is 12.9. The minimum atomic E-state index is -4.71. The molecule has 3 aromatic rings. The van der Waals surface area contributed by atoms with Crippen molar-refractivity contribution >= 4 is 51.9 Å². The molecular formula is C21H18Cl2F6N6O2. The smallest absolute Gasteiger partial charge is 0.422 e. The normalized spacial score (nSPS) is 18.6. The molecule has 0 spiro atoms. The zero-order valence-corrected chi connectivity index (χ0v) is 20.1. The van der Waals surface area contributed by atoms with Crippen molar-refractivity contribution in [1.82, 2.24) is 25.3 Å². The van der Waals surface area contributed by atoms with E-state index in [2.05, 4.69) is 30.6 Å². The molecule has 1 amide bonds. The maximum absolute atomic E-state index is 12.9. The summed E-state index contributed by atoms with van der Waals surface area (Å²) in [5, 5.41) is 5.71. The third kappa shape index (κ3) is 6.66. The number of aromatic amines is 1. The first-order chi connectivity index (χ1) is 17.3. The van der Waals surface area contributed by atoms with Crippen molar-refractivity contribution in [1.29, 1.82) is 0 Å². The van der Waals surface area contributed by atoms with E-state index >= 15 is 0 Å². The number of nitrogens with one attached hydrogen (secondary N) is 3. The standard InChI is InChI=1S/C21H18Cl2F6N6O2/c22-12-6-30-7-13(23)15(12)33-19-32-14-5-11(18(34-16(14)35-19)37-8-20(24,25)26)17(36)31-10-3-1-9(2-4-10)21(27,28)29/h5-7,9-10H,1-4,8H2,(H,31,36)(H2,30,32,33,34,35)/t9-,10-. The van der Waals surface area contributed by atoms with Crippen molar-refractivity contribution in [2.75, 3.05) is 11.9 Å². The first kappa shape index (κ1) is 27.0. The summed E-state index contributed by atoms with van der Waals surface area (Å²) in [5.74, 6) is -2.87. The first-order valence-electron chi connectivity index (χ1n) is 10.8. The molecule has 1 aliphatic rings. The van der Waals surface area contributed by atoms with Crippen molar-refractivity contribution in [2.24, 2.45) is 5.92 Å². The average molecular weight is 571 g/mol. The number of amides is 1. The van der Waals surface area contributed by atoms with Gasteiger partial charge in [0.25, 0.3) is 5.91 Å². The second kappa shape index (κ2) is 10.4. The molecule has 0 radical (unpaired) electrons. The number of pyridine rings is 2. The van der Waals surface area contributed by atoms with Gasteiger partial charge in [-0.1, -0.05) is 23.2 Å². The number of alkyl halides is 6. The number of imidazole rings is 1. The number of aromatic nitrogens is 4. The molecular weight excluding hydrogens is 553 g/mol. The Morgan fingerprint density at radius 2 is 1.70 bits per heavy atom. The lowest BCUT2D eigenvalue weighted by Crippen LogP contribution is -2.40. The summed E-state index contributed by atoms with van der Waals surface area (Å²) in [4.78, 5) is 27.7. The fraction of sp³-hybridized carbons (Fsp3) is 0.429. The lowest BCUT2D eigenvalue weighted by atomic mass is 9.85. The number of carbonyl (C=O) groups is 1. The molecule has 3 N–H and O–H groups in total. The summed E-state index contributed by atoms with van der Waals surface area (Å²) in [6, 6.07) is 0.576. The van der Waals surface area contributed by atoms with Crippen LogP contribution in [0, 0.1) is 5.92 Å². The fourth-order valence-corrected chi connectivity index (χ4v) is 4.34. The van der Waals surface area contributed by atoms with Crippen LogP contribution in [0.4, 0.5) is 38.0 Å². The second-order valence-corrected chi connectivity index (χ2v) is 9.18. The molecule has 1 saturated carbocycles. The van der Waals surface area contributed by atoms with Crippen molar-refractivity contribution < 1.29 is 35.9 Å². The van der Waals surface area contributed by atoms with Gasteiger partial charge in [-0.05, 0) is 31.7 Å². The van der Waals surface area contributed by atoms with Gasteiger partial charge in [0.1, 0.15) is 11.1 Å². The highest BCUT2D eigenvalue weighted by Gasteiger charge is 2.41. The Labute approximate surface area is 215 Å². The number of fused-ring (bicyclic) bond motifs is 1. The van der Waals surface area contributed by atoms with E-state index in [1.54, 1.807) is 0 Å². The fourth-order valence-electron chi connectivity index (χ4n) is 3.88. The Kier molecular flexibility index (Phi) is 7.60. The van der Waals surface area contributed by atoms with E-state index in [1.165, 1.54) is 18.5 Å². The molecule has 0 saturated heterocycles. The number of anilines is 2. The monoisotopic (exact) mass is 570 g/mol. The number of ether oxygens (including phenoxy) is 1. The number of carbonyl (C=O) groups excluding carboxylic acids is 1. The Balaban J connectivity index is 1.59. The summed E-state index contributed by atoms with van der Waals surface area (Å²) in [6.45, 7) is -1.72. The molecule has 0 aromatic carbocycles. The van der Waals surface area contributed by atoms with E-state index in [0.717, 1.165) is 0 Å². The minimum Gasteiger partial charge on any atom is -0.467 e. The summed E-state index contributed by atoms with van der Waals surface area (Å²) >= 11 is 12.1. The molecule has 4 rings (SSSR count). The summed E-state index contributed by atoms with van der Waals surface area (Å²) in [7, 11) is 0. The molecule has 3 heterocycles. The number of nitrogens with zero attached hydrogens (tertiary/aromatic N) is 3. The van der Waals surface area contributed by atoms with Crippen molar-refractivity contribution in [3.05, 3.63) is 34.1 Å². The minimum absolute atomic E-state index is 0.0109. The zero-order chi connectivity index (χ0) is 27.0. The number of rotatable bonds is 6. The third-order valence-electron chi connectivity index (χ3n) is 5.68. The lowest BCUT2D eigenvalue weighted by Gasteiger charge is -2.30. The second-order valence-electron chi connectivity index (χ2n) is 8.36. The van der Waals surface area contributed by atoms with Gasteiger partial charge in [-0.15, -0.1) is 0 Å². The first-order valence-corrected chi connectivity index (χ1v) is 11.6. The Morgan fingerprint density at radius 3 is 2.30 bits per heavy atom. The van der Waals surface area contributed by atoms with Gasteiger partial charge in [-0.25, -0.2) is 4.98 Å². The molecule has 8 nitrogen and oxygen atoms in total. The molecule has 0 bridgehead atoms. The summed E-state index contributed by atoms with van der Waals surface area (Å²) in [6.07, 6.45) is -6.60. The molecule has 1 aliphatic carbocycles. The van der Waals surface area contributed by atoms with E-state index in [0.29, 0.717) is 0 Å². The van der Waals surface area contributed by atoms with Crippen LogP contribution in [0.15, 0.2) is 18.5 Å². The quantitative estimate of drug-likeness (QED) is 0.305. The van der Waals surface area contributed by atoms with E-state index in [-0.39, 0.29) is 64.1 Å². The van der Waals surface area contributed by atoms with Gasteiger partial charge in [-0.2, -0.15) is 31.3 Å². The zero-order valence-electron chi connectivity index (χ0n) is 18.6. The molecule has 3 aromatic heterocycles. The van der Waals surface area contributed by atoms with Crippen LogP contribution in [-0.4, -0.2) is 50.8 Å². The highest BCUT2D eigenvalue weighted by atomic mass is 35.5. The summed E-state index contributed by atoms with van der Waals surface area (Å²) < 4.78 is 82.0. The molecule has 0 unspecified atom stereocenters. The molecule has 1 fully saturated rings. The Bertz CT molecular complexity index is 1270. The lowest BCUT2D eigenvalue weighted by molar-refractivity contribution is -0.182. The third-order valence-corrected chi connectivity index (χ3v) is 6.25. The van der Waals surface area contributed by atoms with Crippen molar-refractivity contribution in [2.45, 2.75) is 44.1 Å². The van der Waals surface area contributed by atoms with Gasteiger partial charge in [-0.3, -0.25) is 9.78 Å². The van der Waals surface area contributed by atoms with Gasteiger partial charge < -0.3 is 20.4 Å². The van der Waals surface area contributed by atoms with Crippen molar-refractivity contribution in [3.63, 3.8) is 0 Å². The van der Waals surface area contributed by atoms with Crippen LogP contribution in [0.5, 0.6) is 5.88 Å². The molecule has 0 atom stereocenters. The van der Waals surface area contributed by atoms with Crippen LogP contribution < -0.4 is 15.4 Å². The van der Waals surface area contributed by atoms with Crippen LogP contribution in [0.1, 0.15) is 36.0 Å². The predicted octanol–water partition coefficient (Wildman–Crippen LogP) is 6.20. The number of hydrogen-bond donors (Lipinski definition) is 3. The van der Waals surface area contributed by atoms with E-state index in [9.17, 15) is 31.1 Å². The Morgan fingerprint density at radius 1 is 1.05 bits per heavy atom. The van der Waals surface area contributed by atoms with Crippen molar-refractivity contribution in [3.8, 4) is 5.88 Å². The molecule has 37 heavy (non-hydrogen) atoms.